The van der Waals surface area contributed by atoms with Gasteiger partial charge in [-0.15, -0.1) is 0 Å². The average molecular weight is 348 g/mol. The van der Waals surface area contributed by atoms with Crippen LogP contribution in [0.3, 0.4) is 0 Å². The van der Waals surface area contributed by atoms with Crippen molar-refractivity contribution in [3.63, 3.8) is 0 Å². The van der Waals surface area contributed by atoms with Crippen molar-refractivity contribution < 1.29 is 18.3 Å². The summed E-state index contributed by atoms with van der Waals surface area (Å²) in [5.41, 5.74) is 0.0906. The van der Waals surface area contributed by atoms with Gasteiger partial charge in [0.2, 0.25) is 0 Å². The molecule has 4 nitrogen and oxygen atoms in total. The number of hydrogen-bond acceptors (Lipinski definition) is 3. The normalized spacial score (nSPS) is 13.3. The van der Waals surface area contributed by atoms with Gasteiger partial charge in [-0.2, -0.15) is 18.3 Å². The highest BCUT2D eigenvalue weighted by atomic mass is 35.5. The second-order valence-corrected chi connectivity index (χ2v) is 5.55. The van der Waals surface area contributed by atoms with Crippen LogP contribution in [0.4, 0.5) is 13.2 Å². The molecule has 2 N–H and O–H groups in total. The van der Waals surface area contributed by atoms with E-state index in [4.69, 9.17) is 11.6 Å². The summed E-state index contributed by atoms with van der Waals surface area (Å²) >= 11 is 5.67. The molecule has 1 aromatic heterocycles. The van der Waals surface area contributed by atoms with E-state index in [0.29, 0.717) is 13.0 Å². The lowest BCUT2D eigenvalue weighted by Crippen LogP contribution is -2.29. The van der Waals surface area contributed by atoms with E-state index in [1.54, 1.807) is 17.9 Å². The summed E-state index contributed by atoms with van der Waals surface area (Å²) in [6, 6.07) is 4.57. The van der Waals surface area contributed by atoms with Gasteiger partial charge in [0.1, 0.15) is 0 Å². The van der Waals surface area contributed by atoms with Crippen LogP contribution >= 0.6 is 11.6 Å². The van der Waals surface area contributed by atoms with Crippen molar-refractivity contribution in [2.24, 2.45) is 7.05 Å². The van der Waals surface area contributed by atoms with Crippen LogP contribution in [0.15, 0.2) is 30.5 Å². The SMILES string of the molecule is Cn1nccc1CCN[C@H](CO)c1ccc(Cl)cc1C(F)(F)F. The Labute approximate surface area is 136 Å². The predicted octanol–water partition coefficient (Wildman–Crippen LogP) is 2.96. The zero-order chi connectivity index (χ0) is 17.0. The standard InChI is InChI=1S/C15H17ClF3N3O/c1-22-11(5-7-21-22)4-6-20-14(9-23)12-3-2-10(16)8-13(12)15(17,18)19/h2-3,5,7-8,14,20,23H,4,6,9H2,1H3/t14-/m1/s1. The Morgan fingerprint density at radius 3 is 2.65 bits per heavy atom. The monoisotopic (exact) mass is 347 g/mol. The Bertz CT molecular complexity index is 658. The maximum absolute atomic E-state index is 13.1. The highest BCUT2D eigenvalue weighted by Crippen LogP contribution is 2.36. The van der Waals surface area contributed by atoms with Crippen LogP contribution in [-0.2, 0) is 19.6 Å². The van der Waals surface area contributed by atoms with Crippen LogP contribution in [0.5, 0.6) is 0 Å². The number of rotatable bonds is 6. The van der Waals surface area contributed by atoms with E-state index in [1.165, 1.54) is 12.1 Å². The molecule has 0 radical (unpaired) electrons. The number of aryl methyl sites for hydroxylation is 1. The molecular weight excluding hydrogens is 331 g/mol. The molecule has 1 heterocycles. The van der Waals surface area contributed by atoms with Gasteiger partial charge in [-0.1, -0.05) is 17.7 Å². The lowest BCUT2D eigenvalue weighted by Gasteiger charge is -2.21. The second-order valence-electron chi connectivity index (χ2n) is 5.11. The van der Waals surface area contributed by atoms with Crippen LogP contribution in [-0.4, -0.2) is 28.0 Å². The largest absolute Gasteiger partial charge is 0.416 e. The summed E-state index contributed by atoms with van der Waals surface area (Å²) in [6.07, 6.45) is -2.29. The quantitative estimate of drug-likeness (QED) is 0.844. The van der Waals surface area contributed by atoms with Gasteiger partial charge in [-0.3, -0.25) is 4.68 Å². The summed E-state index contributed by atoms with van der Waals surface area (Å²) in [7, 11) is 1.79. The number of hydrogen-bond donors (Lipinski definition) is 2. The van der Waals surface area contributed by atoms with E-state index in [-0.39, 0.29) is 10.6 Å². The number of aliphatic hydroxyl groups is 1. The lowest BCUT2D eigenvalue weighted by atomic mass is 10.00. The number of benzene rings is 1. The molecular formula is C15H17ClF3N3O. The Balaban J connectivity index is 2.13. The van der Waals surface area contributed by atoms with Crippen LogP contribution in [0.25, 0.3) is 0 Å². The Kier molecular flexibility index (Phi) is 5.67. The summed E-state index contributed by atoms with van der Waals surface area (Å²) in [5.74, 6) is 0. The molecule has 1 atom stereocenters. The maximum Gasteiger partial charge on any atom is 0.416 e. The number of halogens is 4. The molecule has 0 saturated heterocycles. The van der Waals surface area contributed by atoms with Crippen molar-refractivity contribution >= 4 is 11.6 Å². The van der Waals surface area contributed by atoms with Crippen LogP contribution in [0, 0.1) is 0 Å². The number of nitrogens with zero attached hydrogens (tertiary/aromatic N) is 2. The third-order valence-corrected chi connectivity index (χ3v) is 3.81. The fraction of sp³-hybridized carbons (Fsp3) is 0.400. The maximum atomic E-state index is 13.1. The zero-order valence-electron chi connectivity index (χ0n) is 12.4. The number of aliphatic hydroxyl groups excluding tert-OH is 1. The third kappa shape index (κ3) is 4.46. The van der Waals surface area contributed by atoms with Gasteiger partial charge in [0, 0.05) is 36.9 Å². The molecule has 0 unspecified atom stereocenters. The predicted molar refractivity (Wildman–Crippen MR) is 81.2 cm³/mol. The van der Waals surface area contributed by atoms with Crippen LogP contribution in [0.1, 0.15) is 22.9 Å². The molecule has 0 fully saturated rings. The van der Waals surface area contributed by atoms with Gasteiger partial charge in [-0.25, -0.2) is 0 Å². The van der Waals surface area contributed by atoms with Crippen molar-refractivity contribution in [1.82, 2.24) is 15.1 Å². The van der Waals surface area contributed by atoms with Crippen molar-refractivity contribution in [3.8, 4) is 0 Å². The first-order valence-electron chi connectivity index (χ1n) is 7.00. The minimum atomic E-state index is -4.53. The van der Waals surface area contributed by atoms with Gasteiger partial charge < -0.3 is 10.4 Å². The molecule has 0 saturated carbocycles. The molecule has 8 heteroatoms. The van der Waals surface area contributed by atoms with E-state index in [9.17, 15) is 18.3 Å². The molecule has 2 rings (SSSR count). The van der Waals surface area contributed by atoms with E-state index < -0.39 is 24.4 Å². The van der Waals surface area contributed by atoms with Crippen LogP contribution in [0.2, 0.25) is 5.02 Å². The van der Waals surface area contributed by atoms with Crippen LogP contribution < -0.4 is 5.32 Å². The minimum Gasteiger partial charge on any atom is -0.394 e. The topological polar surface area (TPSA) is 50.1 Å². The van der Waals surface area contributed by atoms with Crippen molar-refractivity contribution in [2.75, 3.05) is 13.2 Å². The summed E-state index contributed by atoms with van der Waals surface area (Å²) < 4.78 is 41.1. The molecule has 0 bridgehead atoms. The van der Waals surface area contributed by atoms with E-state index >= 15 is 0 Å². The Hall–Kier alpha value is -1.57. The third-order valence-electron chi connectivity index (χ3n) is 3.57. The van der Waals surface area contributed by atoms with Gasteiger partial charge in [-0.05, 0) is 23.8 Å². The van der Waals surface area contributed by atoms with Gasteiger partial charge in [0.25, 0.3) is 0 Å². The smallest absolute Gasteiger partial charge is 0.394 e. The highest BCUT2D eigenvalue weighted by Gasteiger charge is 2.35. The number of aromatic nitrogens is 2. The van der Waals surface area contributed by atoms with Crippen molar-refractivity contribution in [1.29, 1.82) is 0 Å². The fourth-order valence-corrected chi connectivity index (χ4v) is 2.54. The first-order chi connectivity index (χ1) is 10.8. The average Bonchev–Trinajstić information content (AvgIpc) is 2.88. The lowest BCUT2D eigenvalue weighted by molar-refractivity contribution is -0.138. The highest BCUT2D eigenvalue weighted by molar-refractivity contribution is 6.30. The first-order valence-corrected chi connectivity index (χ1v) is 7.38. The zero-order valence-corrected chi connectivity index (χ0v) is 13.2. The first kappa shape index (κ1) is 17.8. The summed E-state index contributed by atoms with van der Waals surface area (Å²) in [6.45, 7) is -0.0409. The second kappa shape index (κ2) is 7.33. The van der Waals surface area contributed by atoms with E-state index in [2.05, 4.69) is 10.4 Å². The molecule has 2 aromatic rings. The van der Waals surface area contributed by atoms with Gasteiger partial charge in [0.05, 0.1) is 18.2 Å². The van der Waals surface area contributed by atoms with E-state index in [0.717, 1.165) is 11.8 Å². The van der Waals surface area contributed by atoms with Crippen molar-refractivity contribution in [3.05, 3.63) is 52.3 Å². The molecule has 126 valence electrons. The fourth-order valence-electron chi connectivity index (χ4n) is 2.37. The Morgan fingerprint density at radius 2 is 2.09 bits per heavy atom. The van der Waals surface area contributed by atoms with Gasteiger partial charge >= 0.3 is 6.18 Å². The molecule has 1 aromatic carbocycles. The molecule has 0 amide bonds. The molecule has 0 aliphatic rings. The summed E-state index contributed by atoms with van der Waals surface area (Å²) in [4.78, 5) is 0. The minimum absolute atomic E-state index is 0.00708. The number of alkyl halides is 3. The van der Waals surface area contributed by atoms with E-state index in [1.807, 2.05) is 6.07 Å². The molecule has 0 aliphatic heterocycles. The number of nitrogens with one attached hydrogen (secondary N) is 1. The Morgan fingerprint density at radius 1 is 1.35 bits per heavy atom. The molecule has 0 spiro atoms. The molecule has 23 heavy (non-hydrogen) atoms. The van der Waals surface area contributed by atoms with Gasteiger partial charge in [0.15, 0.2) is 0 Å². The summed E-state index contributed by atoms with van der Waals surface area (Å²) in [5, 5.41) is 16.5. The van der Waals surface area contributed by atoms with Crippen molar-refractivity contribution in [2.45, 2.75) is 18.6 Å². The molecule has 0 aliphatic carbocycles.